The average molecular weight is 285 g/mol. The molecular weight excluding hydrogens is 270 g/mol. The van der Waals surface area contributed by atoms with Crippen molar-refractivity contribution in [2.45, 2.75) is 26.7 Å². The van der Waals surface area contributed by atoms with E-state index in [4.69, 9.17) is 0 Å². The summed E-state index contributed by atoms with van der Waals surface area (Å²) in [7, 11) is 0. The Morgan fingerprint density at radius 2 is 1.85 bits per heavy atom. The van der Waals surface area contributed by atoms with Crippen LogP contribution in [0.2, 0.25) is 0 Å². The normalized spacial score (nSPS) is 12.5. The molecule has 0 unspecified atom stereocenters. The molecule has 1 aromatic heterocycles. The summed E-state index contributed by atoms with van der Waals surface area (Å²) in [5, 5.41) is 2.81. The number of thiophene rings is 1. The zero-order valence-electron chi connectivity index (χ0n) is 11.4. The SMILES string of the molecule is CC(=O)Nc1ccc2c(c1)CCc1cc(C(C)=O)sc1-2. The molecule has 0 aliphatic heterocycles. The molecule has 0 bridgehead atoms. The van der Waals surface area contributed by atoms with Crippen LogP contribution in [0.5, 0.6) is 0 Å². The second kappa shape index (κ2) is 4.87. The molecule has 1 aliphatic carbocycles. The molecule has 0 fully saturated rings. The summed E-state index contributed by atoms with van der Waals surface area (Å²) >= 11 is 1.57. The van der Waals surface area contributed by atoms with Crippen LogP contribution in [0.4, 0.5) is 5.69 Å². The lowest BCUT2D eigenvalue weighted by Crippen LogP contribution is -2.07. The Morgan fingerprint density at radius 1 is 1.10 bits per heavy atom. The number of ketones is 1. The highest BCUT2D eigenvalue weighted by atomic mass is 32.1. The van der Waals surface area contributed by atoms with Crippen molar-refractivity contribution >= 4 is 28.7 Å². The van der Waals surface area contributed by atoms with E-state index in [2.05, 4.69) is 5.32 Å². The monoisotopic (exact) mass is 285 g/mol. The number of anilines is 1. The van der Waals surface area contributed by atoms with Gasteiger partial charge in [0.05, 0.1) is 4.88 Å². The Labute approximate surface area is 121 Å². The van der Waals surface area contributed by atoms with Crippen LogP contribution in [0, 0.1) is 0 Å². The minimum atomic E-state index is -0.0589. The number of hydrogen-bond acceptors (Lipinski definition) is 3. The van der Waals surface area contributed by atoms with Crippen LogP contribution in [-0.4, -0.2) is 11.7 Å². The molecule has 102 valence electrons. The lowest BCUT2D eigenvalue weighted by molar-refractivity contribution is -0.114. The zero-order valence-corrected chi connectivity index (χ0v) is 12.3. The average Bonchev–Trinajstić information content (AvgIpc) is 2.82. The lowest BCUT2D eigenvalue weighted by atomic mass is 9.91. The maximum Gasteiger partial charge on any atom is 0.221 e. The van der Waals surface area contributed by atoms with Crippen LogP contribution < -0.4 is 5.32 Å². The molecule has 1 aromatic carbocycles. The molecule has 0 saturated carbocycles. The van der Waals surface area contributed by atoms with Gasteiger partial charge >= 0.3 is 0 Å². The molecule has 3 nitrogen and oxygen atoms in total. The Balaban J connectivity index is 2.04. The standard InChI is InChI=1S/C16H15NO2S/c1-9(18)15-8-12-4-3-11-7-13(17-10(2)19)5-6-14(11)16(12)20-15/h5-8H,3-4H2,1-2H3,(H,17,19). The first-order valence-corrected chi connectivity index (χ1v) is 7.41. The third-order valence-corrected chi connectivity index (χ3v) is 4.80. The van der Waals surface area contributed by atoms with E-state index in [0.717, 1.165) is 23.4 Å². The fourth-order valence-corrected chi connectivity index (χ4v) is 3.75. The van der Waals surface area contributed by atoms with Gasteiger partial charge in [0.1, 0.15) is 0 Å². The number of benzene rings is 1. The minimum Gasteiger partial charge on any atom is -0.326 e. The number of fused-ring (bicyclic) bond motifs is 3. The van der Waals surface area contributed by atoms with Gasteiger partial charge < -0.3 is 5.32 Å². The molecule has 3 rings (SSSR count). The van der Waals surface area contributed by atoms with E-state index in [0.29, 0.717) is 0 Å². The summed E-state index contributed by atoms with van der Waals surface area (Å²) in [6, 6.07) is 8.02. The highest BCUT2D eigenvalue weighted by Gasteiger charge is 2.20. The van der Waals surface area contributed by atoms with Crippen molar-refractivity contribution in [1.82, 2.24) is 0 Å². The van der Waals surface area contributed by atoms with Crippen molar-refractivity contribution in [2.24, 2.45) is 0 Å². The van der Waals surface area contributed by atoms with Crippen LogP contribution in [0.1, 0.15) is 34.6 Å². The first kappa shape index (κ1) is 13.1. The van der Waals surface area contributed by atoms with Gasteiger partial charge in [-0.05, 0) is 54.7 Å². The second-order valence-corrected chi connectivity index (χ2v) is 6.13. The van der Waals surface area contributed by atoms with E-state index in [1.165, 1.54) is 28.5 Å². The molecule has 2 aromatic rings. The van der Waals surface area contributed by atoms with Crippen LogP contribution in [-0.2, 0) is 17.6 Å². The Bertz CT molecular complexity index is 715. The molecule has 0 saturated heterocycles. The molecule has 0 atom stereocenters. The van der Waals surface area contributed by atoms with Gasteiger partial charge in [0, 0.05) is 17.5 Å². The second-order valence-electron chi connectivity index (χ2n) is 5.07. The summed E-state index contributed by atoms with van der Waals surface area (Å²) in [4.78, 5) is 24.7. The van der Waals surface area contributed by atoms with Crippen LogP contribution in [0.25, 0.3) is 10.4 Å². The number of carbonyl (C=O) groups excluding carboxylic acids is 2. The molecular formula is C16H15NO2S. The van der Waals surface area contributed by atoms with Crippen molar-refractivity contribution in [3.8, 4) is 10.4 Å². The van der Waals surface area contributed by atoms with Crippen molar-refractivity contribution in [1.29, 1.82) is 0 Å². The van der Waals surface area contributed by atoms with E-state index in [-0.39, 0.29) is 11.7 Å². The van der Waals surface area contributed by atoms with Gasteiger partial charge in [0.25, 0.3) is 0 Å². The van der Waals surface area contributed by atoms with Gasteiger partial charge in [-0.1, -0.05) is 6.07 Å². The maximum absolute atomic E-state index is 11.5. The van der Waals surface area contributed by atoms with Crippen molar-refractivity contribution < 1.29 is 9.59 Å². The maximum atomic E-state index is 11.5. The number of Topliss-reactive ketones (excluding diaryl/α,β-unsaturated/α-hetero) is 1. The zero-order chi connectivity index (χ0) is 14.3. The highest BCUT2D eigenvalue weighted by molar-refractivity contribution is 7.17. The predicted molar refractivity (Wildman–Crippen MR) is 81.5 cm³/mol. The van der Waals surface area contributed by atoms with E-state index < -0.39 is 0 Å². The molecule has 1 N–H and O–H groups in total. The number of hydrogen-bond donors (Lipinski definition) is 1. The van der Waals surface area contributed by atoms with Gasteiger partial charge in [-0.2, -0.15) is 0 Å². The van der Waals surface area contributed by atoms with E-state index in [1.807, 2.05) is 24.3 Å². The number of amides is 1. The first-order chi connectivity index (χ1) is 9.54. The Morgan fingerprint density at radius 3 is 2.55 bits per heavy atom. The van der Waals surface area contributed by atoms with Crippen molar-refractivity contribution in [3.63, 3.8) is 0 Å². The van der Waals surface area contributed by atoms with Crippen molar-refractivity contribution in [3.05, 3.63) is 40.3 Å². The van der Waals surface area contributed by atoms with Crippen LogP contribution in [0.15, 0.2) is 24.3 Å². The molecule has 4 heteroatoms. The van der Waals surface area contributed by atoms with Gasteiger partial charge in [-0.3, -0.25) is 9.59 Å². The number of aryl methyl sites for hydroxylation is 2. The molecule has 0 radical (unpaired) electrons. The molecule has 20 heavy (non-hydrogen) atoms. The fraction of sp³-hybridized carbons (Fsp3) is 0.250. The minimum absolute atomic E-state index is 0.0589. The van der Waals surface area contributed by atoms with Gasteiger partial charge in [-0.25, -0.2) is 0 Å². The Kier molecular flexibility index (Phi) is 3.18. The predicted octanol–water partition coefficient (Wildman–Crippen LogP) is 3.67. The lowest BCUT2D eigenvalue weighted by Gasteiger charge is -2.17. The van der Waals surface area contributed by atoms with E-state index in [9.17, 15) is 9.59 Å². The van der Waals surface area contributed by atoms with Crippen LogP contribution >= 0.6 is 11.3 Å². The molecule has 1 amide bonds. The third-order valence-electron chi connectivity index (χ3n) is 3.49. The van der Waals surface area contributed by atoms with Crippen molar-refractivity contribution in [2.75, 3.05) is 5.32 Å². The summed E-state index contributed by atoms with van der Waals surface area (Å²) < 4.78 is 0. The number of rotatable bonds is 2. The van der Waals surface area contributed by atoms with Crippen LogP contribution in [0.3, 0.4) is 0 Å². The fourth-order valence-electron chi connectivity index (χ4n) is 2.59. The summed E-state index contributed by atoms with van der Waals surface area (Å²) in [6.45, 7) is 3.12. The van der Waals surface area contributed by atoms with Gasteiger partial charge in [0.2, 0.25) is 5.91 Å². The topological polar surface area (TPSA) is 46.2 Å². The third kappa shape index (κ3) is 2.27. The molecule has 1 aliphatic rings. The summed E-state index contributed by atoms with van der Waals surface area (Å²) in [6.07, 6.45) is 1.90. The highest BCUT2D eigenvalue weighted by Crippen LogP contribution is 2.40. The smallest absolute Gasteiger partial charge is 0.221 e. The van der Waals surface area contributed by atoms with Gasteiger partial charge in [-0.15, -0.1) is 11.3 Å². The summed E-state index contributed by atoms with van der Waals surface area (Å²) in [5.41, 5.74) is 4.53. The van der Waals surface area contributed by atoms with Gasteiger partial charge in [0.15, 0.2) is 5.78 Å². The number of nitrogens with one attached hydrogen (secondary N) is 1. The number of carbonyl (C=O) groups is 2. The molecule has 1 heterocycles. The quantitative estimate of drug-likeness (QED) is 0.856. The largest absolute Gasteiger partial charge is 0.326 e. The Hall–Kier alpha value is -1.94. The first-order valence-electron chi connectivity index (χ1n) is 6.59. The van der Waals surface area contributed by atoms with E-state index in [1.54, 1.807) is 18.3 Å². The van der Waals surface area contributed by atoms with E-state index >= 15 is 0 Å². The molecule has 0 spiro atoms. The summed E-state index contributed by atoms with van der Waals surface area (Å²) in [5.74, 6) is 0.0669.